The van der Waals surface area contributed by atoms with Gasteiger partial charge in [-0.3, -0.25) is 14.2 Å². The number of carbonyl (C=O) groups excluding carboxylic acids is 2. The van der Waals surface area contributed by atoms with E-state index >= 15 is 0 Å². The molecule has 0 aliphatic rings. The molecule has 448 valence electrons. The largest absolute Gasteiger partial charge is 0.756 e. The Labute approximate surface area is 476 Å². The number of amides is 1. The van der Waals surface area contributed by atoms with E-state index in [-0.39, 0.29) is 24.9 Å². The molecule has 0 aromatic carbocycles. The molecule has 0 fully saturated rings. The number of likely N-dealkylation sites (N-methyl/N-ethyl adjacent to an activating group) is 1. The normalized spacial score (nSPS) is 14.1. The first-order chi connectivity index (χ1) is 37.4. The number of nitrogens with one attached hydrogen (secondary N) is 1. The second kappa shape index (κ2) is 56.7. The van der Waals surface area contributed by atoms with E-state index in [1.54, 1.807) is 0 Å². The second-order valence-electron chi connectivity index (χ2n) is 22.9. The minimum Gasteiger partial charge on any atom is -0.756 e. The van der Waals surface area contributed by atoms with Crippen LogP contribution in [0.25, 0.3) is 0 Å². The van der Waals surface area contributed by atoms with E-state index in [0.717, 1.165) is 103 Å². The highest BCUT2D eigenvalue weighted by Gasteiger charge is 2.27. The average Bonchev–Trinajstić information content (AvgIpc) is 3.39. The number of unbranched alkanes of at least 4 members (excludes halogenated alkanes) is 33. The molecule has 3 atom stereocenters. The van der Waals surface area contributed by atoms with E-state index in [0.29, 0.717) is 17.4 Å². The Balaban J connectivity index is 5.10. The minimum absolute atomic E-state index is 0.0267. The lowest BCUT2D eigenvalue weighted by Gasteiger charge is -2.30. The van der Waals surface area contributed by atoms with Crippen molar-refractivity contribution < 1.29 is 37.3 Å². The Morgan fingerprint density at radius 2 is 0.831 bits per heavy atom. The maximum Gasteiger partial charge on any atom is 0.306 e. The number of carbonyl (C=O) groups is 2. The Bertz CT molecular complexity index is 1550. The van der Waals surface area contributed by atoms with Gasteiger partial charge >= 0.3 is 5.97 Å². The molecule has 0 heterocycles. The molecule has 1 amide bonds. The van der Waals surface area contributed by atoms with Crippen molar-refractivity contribution in [2.75, 3.05) is 40.9 Å². The Hall–Kier alpha value is -2.55. The van der Waals surface area contributed by atoms with Gasteiger partial charge in [-0.25, -0.2) is 0 Å². The summed E-state index contributed by atoms with van der Waals surface area (Å²) in [5.74, 6) is -0.554. The Morgan fingerprint density at radius 1 is 0.468 bits per heavy atom. The van der Waals surface area contributed by atoms with Crippen LogP contribution in [0.1, 0.15) is 290 Å². The fourth-order valence-electron chi connectivity index (χ4n) is 9.11. The highest BCUT2D eigenvalue weighted by molar-refractivity contribution is 7.45. The number of rotatable bonds is 58. The van der Waals surface area contributed by atoms with Crippen LogP contribution >= 0.6 is 7.82 Å². The van der Waals surface area contributed by atoms with Gasteiger partial charge in [0.25, 0.3) is 7.82 Å². The third-order valence-corrected chi connectivity index (χ3v) is 15.1. The molecule has 77 heavy (non-hydrogen) atoms. The third kappa shape index (κ3) is 57.9. The van der Waals surface area contributed by atoms with Gasteiger partial charge in [0.15, 0.2) is 0 Å². The van der Waals surface area contributed by atoms with Crippen LogP contribution in [-0.2, 0) is 27.9 Å². The highest BCUT2D eigenvalue weighted by atomic mass is 31.2. The number of allylic oxidation sites excluding steroid dienone is 11. The second-order valence-corrected chi connectivity index (χ2v) is 24.3. The van der Waals surface area contributed by atoms with Gasteiger partial charge in [0.1, 0.15) is 19.3 Å². The minimum atomic E-state index is -4.70. The average molecular weight is 1100 g/mol. The predicted molar refractivity (Wildman–Crippen MR) is 330 cm³/mol. The molecular formula is C67H123N2O7P. The number of hydrogen-bond donors (Lipinski definition) is 1. The maximum absolute atomic E-state index is 13.5. The molecule has 0 rings (SSSR count). The van der Waals surface area contributed by atoms with E-state index in [1.165, 1.54) is 154 Å². The van der Waals surface area contributed by atoms with Crippen molar-refractivity contribution in [3.63, 3.8) is 0 Å². The summed E-state index contributed by atoms with van der Waals surface area (Å²) in [6, 6.07) is -0.897. The van der Waals surface area contributed by atoms with Crippen molar-refractivity contribution in [1.29, 1.82) is 0 Å². The standard InChI is InChI=1S/C67H123N2O7P/c1-7-10-13-16-19-22-25-27-29-30-31-32-33-34-35-36-37-38-40-42-45-48-51-54-57-60-67(71)76-65(58-55-52-49-46-43-24-21-18-15-12-9-3)64(63-75-77(72,73)74-62-61-69(4,5)6)68-66(70)59-56-53-50-47-44-41-39-28-26-23-20-17-14-11-8-2/h19-20,22-23,26-29,31-32,55,58,64-65H,7-18,21,24-25,30,33-54,56-57,59-63H2,1-6H3,(H-,68,70,72,73)/b22-19-,23-20+,28-26+,29-27-,32-31-,58-55-. The maximum atomic E-state index is 13.5. The van der Waals surface area contributed by atoms with E-state index < -0.39 is 26.6 Å². The summed E-state index contributed by atoms with van der Waals surface area (Å²) >= 11 is 0. The summed E-state index contributed by atoms with van der Waals surface area (Å²) in [5.41, 5.74) is 0. The monoisotopic (exact) mass is 1100 g/mol. The van der Waals surface area contributed by atoms with Crippen molar-refractivity contribution in [3.05, 3.63) is 72.9 Å². The lowest BCUT2D eigenvalue weighted by atomic mass is 10.0. The molecule has 0 aromatic heterocycles. The smallest absolute Gasteiger partial charge is 0.306 e. The van der Waals surface area contributed by atoms with Gasteiger partial charge < -0.3 is 28.5 Å². The molecule has 0 aromatic rings. The van der Waals surface area contributed by atoms with Crippen molar-refractivity contribution in [2.45, 2.75) is 303 Å². The van der Waals surface area contributed by atoms with Gasteiger partial charge in [0.2, 0.25) is 5.91 Å². The highest BCUT2D eigenvalue weighted by Crippen LogP contribution is 2.38. The van der Waals surface area contributed by atoms with Crippen LogP contribution in [0.4, 0.5) is 0 Å². The van der Waals surface area contributed by atoms with Gasteiger partial charge in [-0.15, -0.1) is 0 Å². The lowest BCUT2D eigenvalue weighted by Crippen LogP contribution is -2.47. The van der Waals surface area contributed by atoms with Crippen LogP contribution < -0.4 is 10.2 Å². The van der Waals surface area contributed by atoms with Gasteiger partial charge in [-0.05, 0) is 96.0 Å². The first kappa shape index (κ1) is 74.5. The number of phosphoric acid groups is 1. The number of phosphoric ester groups is 1. The van der Waals surface area contributed by atoms with Crippen LogP contribution in [0.2, 0.25) is 0 Å². The lowest BCUT2D eigenvalue weighted by molar-refractivity contribution is -0.870. The summed E-state index contributed by atoms with van der Waals surface area (Å²) < 4.78 is 30.3. The van der Waals surface area contributed by atoms with Crippen LogP contribution in [0.5, 0.6) is 0 Å². The molecule has 0 aliphatic heterocycles. The first-order valence-corrected chi connectivity index (χ1v) is 33.7. The van der Waals surface area contributed by atoms with Crippen molar-refractivity contribution in [3.8, 4) is 0 Å². The molecule has 3 unspecified atom stereocenters. The predicted octanol–water partition coefficient (Wildman–Crippen LogP) is 19.4. The number of esters is 1. The zero-order valence-electron chi connectivity index (χ0n) is 51.2. The molecule has 9 nitrogen and oxygen atoms in total. The number of ether oxygens (including phenoxy) is 1. The quantitative estimate of drug-likeness (QED) is 0.0161. The van der Waals surface area contributed by atoms with Crippen LogP contribution in [-0.4, -0.2) is 69.4 Å². The molecule has 0 aliphatic carbocycles. The van der Waals surface area contributed by atoms with Crippen molar-refractivity contribution in [1.82, 2.24) is 5.32 Å². The number of quaternary nitrogens is 1. The zero-order chi connectivity index (χ0) is 56.4. The molecule has 0 saturated heterocycles. The number of nitrogens with zero attached hydrogens (tertiary/aromatic N) is 1. The number of hydrogen-bond acceptors (Lipinski definition) is 7. The summed E-state index contributed by atoms with van der Waals surface area (Å²) in [7, 11) is 1.17. The van der Waals surface area contributed by atoms with Gasteiger partial charge in [-0.2, -0.15) is 0 Å². The first-order valence-electron chi connectivity index (χ1n) is 32.3. The summed E-state index contributed by atoms with van der Waals surface area (Å²) in [6.07, 6.45) is 73.0. The molecular weight excluding hydrogens is 976 g/mol. The molecule has 0 radical (unpaired) electrons. The molecule has 1 N–H and O–H groups in total. The summed E-state index contributed by atoms with van der Waals surface area (Å²) in [5, 5.41) is 3.02. The Morgan fingerprint density at radius 3 is 1.29 bits per heavy atom. The van der Waals surface area contributed by atoms with Crippen LogP contribution in [0, 0.1) is 0 Å². The van der Waals surface area contributed by atoms with Crippen LogP contribution in [0.3, 0.4) is 0 Å². The van der Waals surface area contributed by atoms with Crippen molar-refractivity contribution >= 4 is 19.7 Å². The van der Waals surface area contributed by atoms with Gasteiger partial charge in [-0.1, -0.05) is 255 Å². The van der Waals surface area contributed by atoms with E-state index in [2.05, 4.69) is 86.8 Å². The zero-order valence-corrected chi connectivity index (χ0v) is 52.0. The third-order valence-electron chi connectivity index (χ3n) is 14.1. The summed E-state index contributed by atoms with van der Waals surface area (Å²) in [4.78, 5) is 40.0. The molecule has 0 bridgehead atoms. The molecule has 0 saturated carbocycles. The fourth-order valence-corrected chi connectivity index (χ4v) is 9.83. The van der Waals surface area contributed by atoms with Gasteiger partial charge in [0.05, 0.1) is 33.8 Å². The van der Waals surface area contributed by atoms with Gasteiger partial charge in [0, 0.05) is 12.8 Å². The Kier molecular flexibility index (Phi) is 54.8. The molecule has 10 heteroatoms. The topological polar surface area (TPSA) is 114 Å². The summed E-state index contributed by atoms with van der Waals surface area (Å²) in [6.45, 7) is 6.78. The SMILES string of the molecule is CCCCC/C=C\C/C=C\C/C=C\CCCCCCCCCCCCCCC(=O)OC(/C=C\CCCCCCCCCCC)C(COP(=O)([O-])OCC[N+](C)(C)C)NC(=O)CCCCCCCC/C=C/C=C/CCCCC. The van der Waals surface area contributed by atoms with Crippen molar-refractivity contribution in [2.24, 2.45) is 0 Å². The molecule has 0 spiro atoms. The van der Waals surface area contributed by atoms with Crippen LogP contribution in [0.15, 0.2) is 72.9 Å². The van der Waals surface area contributed by atoms with E-state index in [4.69, 9.17) is 13.8 Å². The fraction of sp³-hybridized carbons (Fsp3) is 0.791. The van der Waals surface area contributed by atoms with E-state index in [1.807, 2.05) is 33.3 Å². The van der Waals surface area contributed by atoms with E-state index in [9.17, 15) is 19.0 Å².